The van der Waals surface area contributed by atoms with E-state index in [1.54, 1.807) is 0 Å². The van der Waals surface area contributed by atoms with Crippen LogP contribution in [0.1, 0.15) is 54.4 Å². The Morgan fingerprint density at radius 2 is 1.47 bits per heavy atom. The van der Waals surface area contributed by atoms with Crippen LogP contribution >= 0.6 is 0 Å². The second-order valence-corrected chi connectivity index (χ2v) is 7.85. The van der Waals surface area contributed by atoms with Gasteiger partial charge in [0.1, 0.15) is 0 Å². The van der Waals surface area contributed by atoms with Gasteiger partial charge < -0.3 is 5.32 Å². The lowest BCUT2D eigenvalue weighted by Gasteiger charge is -2.41. The molecule has 1 N–H and O–H groups in total. The van der Waals surface area contributed by atoms with Gasteiger partial charge in [-0.05, 0) is 42.1 Å². The maximum atomic E-state index is 3.82. The van der Waals surface area contributed by atoms with E-state index in [1.807, 2.05) is 0 Å². The Morgan fingerprint density at radius 1 is 0.933 bits per heavy atom. The first-order chi connectivity index (χ1) is 6.67. The molecular formula is C14H27N. The first-order valence-corrected chi connectivity index (χ1v) is 6.42. The van der Waals surface area contributed by atoms with Gasteiger partial charge in [-0.3, -0.25) is 0 Å². The highest BCUT2D eigenvalue weighted by atomic mass is 15.1. The molecule has 0 aromatic rings. The number of nitrogens with one attached hydrogen (secondary N) is 1. The standard InChI is InChI=1S/C14H27N/c1-12(2,3)10-9-15-14(7-8-14)11(10)13(4,5)6/h10-11,15H,7-9H2,1-6H3. The van der Waals surface area contributed by atoms with Gasteiger partial charge >= 0.3 is 0 Å². The summed E-state index contributed by atoms with van der Waals surface area (Å²) in [6.07, 6.45) is 2.81. The first-order valence-electron chi connectivity index (χ1n) is 6.42. The number of hydrogen-bond acceptors (Lipinski definition) is 1. The third-order valence-corrected chi connectivity index (χ3v) is 4.51. The minimum atomic E-state index is 0.442. The van der Waals surface area contributed by atoms with Crippen molar-refractivity contribution in [3.8, 4) is 0 Å². The van der Waals surface area contributed by atoms with Gasteiger partial charge in [-0.2, -0.15) is 0 Å². The van der Waals surface area contributed by atoms with Crippen molar-refractivity contribution in [3.05, 3.63) is 0 Å². The Balaban J connectivity index is 2.27. The van der Waals surface area contributed by atoms with Gasteiger partial charge in [0.25, 0.3) is 0 Å². The third kappa shape index (κ3) is 1.84. The predicted octanol–water partition coefficient (Wildman–Crippen LogP) is 3.45. The second kappa shape index (κ2) is 3.00. The van der Waals surface area contributed by atoms with Crippen molar-refractivity contribution in [2.45, 2.75) is 59.9 Å². The Morgan fingerprint density at radius 3 is 1.80 bits per heavy atom. The molecule has 1 aliphatic carbocycles. The molecule has 0 aromatic carbocycles. The average molecular weight is 209 g/mol. The minimum absolute atomic E-state index is 0.442. The van der Waals surface area contributed by atoms with E-state index in [9.17, 15) is 0 Å². The molecule has 0 radical (unpaired) electrons. The summed E-state index contributed by atoms with van der Waals surface area (Å²) in [5.41, 5.74) is 1.41. The summed E-state index contributed by atoms with van der Waals surface area (Å²) >= 11 is 0. The van der Waals surface area contributed by atoms with Crippen LogP contribution in [0.4, 0.5) is 0 Å². The highest BCUT2D eigenvalue weighted by Crippen LogP contribution is 2.59. The average Bonchev–Trinajstić information content (AvgIpc) is 2.56. The Kier molecular flexibility index (Phi) is 2.29. The molecule has 2 unspecified atom stereocenters. The van der Waals surface area contributed by atoms with Gasteiger partial charge in [0.2, 0.25) is 0 Å². The van der Waals surface area contributed by atoms with E-state index in [4.69, 9.17) is 0 Å². The predicted molar refractivity (Wildman–Crippen MR) is 65.9 cm³/mol. The molecule has 1 heteroatoms. The van der Waals surface area contributed by atoms with Crippen LogP contribution in [0.25, 0.3) is 0 Å². The molecule has 0 amide bonds. The lowest BCUT2D eigenvalue weighted by Crippen LogP contribution is -2.40. The van der Waals surface area contributed by atoms with Crippen molar-refractivity contribution >= 4 is 0 Å². The van der Waals surface area contributed by atoms with Crippen LogP contribution in [0, 0.1) is 22.7 Å². The number of hydrogen-bond donors (Lipinski definition) is 1. The number of rotatable bonds is 0. The van der Waals surface area contributed by atoms with Gasteiger partial charge in [0, 0.05) is 5.54 Å². The SMILES string of the molecule is CC(C)(C)C1CNC2(CC2)C1C(C)(C)C. The molecule has 2 atom stereocenters. The van der Waals surface area contributed by atoms with E-state index in [-0.39, 0.29) is 0 Å². The summed E-state index contributed by atoms with van der Waals surface area (Å²) in [7, 11) is 0. The summed E-state index contributed by atoms with van der Waals surface area (Å²) < 4.78 is 0. The largest absolute Gasteiger partial charge is 0.311 e. The second-order valence-electron chi connectivity index (χ2n) is 7.85. The Labute approximate surface area is 95.0 Å². The fourth-order valence-electron chi connectivity index (χ4n) is 3.79. The normalized spacial score (nSPS) is 34.8. The summed E-state index contributed by atoms with van der Waals surface area (Å²) in [4.78, 5) is 0. The zero-order valence-corrected chi connectivity index (χ0v) is 11.3. The fraction of sp³-hybridized carbons (Fsp3) is 1.00. The van der Waals surface area contributed by atoms with E-state index in [1.165, 1.54) is 19.4 Å². The van der Waals surface area contributed by atoms with Crippen LogP contribution in [0.2, 0.25) is 0 Å². The molecule has 88 valence electrons. The molecule has 1 spiro atoms. The topological polar surface area (TPSA) is 12.0 Å². The molecule has 2 rings (SSSR count). The van der Waals surface area contributed by atoms with Crippen LogP contribution in [-0.2, 0) is 0 Å². The molecule has 1 aliphatic heterocycles. The first kappa shape index (κ1) is 11.4. The van der Waals surface area contributed by atoms with E-state index in [0.717, 1.165) is 11.8 Å². The zero-order chi connectivity index (χ0) is 11.5. The molecule has 1 saturated carbocycles. The Hall–Kier alpha value is -0.0400. The highest BCUT2D eigenvalue weighted by Gasteiger charge is 2.61. The molecule has 1 saturated heterocycles. The van der Waals surface area contributed by atoms with Crippen LogP contribution < -0.4 is 5.32 Å². The summed E-state index contributed by atoms with van der Waals surface area (Å²) in [6, 6.07) is 0. The van der Waals surface area contributed by atoms with Gasteiger partial charge in [-0.1, -0.05) is 41.5 Å². The fourth-order valence-corrected chi connectivity index (χ4v) is 3.79. The van der Waals surface area contributed by atoms with Crippen molar-refractivity contribution < 1.29 is 0 Å². The third-order valence-electron chi connectivity index (χ3n) is 4.51. The van der Waals surface area contributed by atoms with Crippen molar-refractivity contribution in [2.75, 3.05) is 6.54 Å². The molecular weight excluding hydrogens is 182 g/mol. The lowest BCUT2D eigenvalue weighted by molar-refractivity contribution is 0.0883. The molecule has 2 aliphatic rings. The summed E-state index contributed by atoms with van der Waals surface area (Å²) in [6.45, 7) is 15.7. The highest BCUT2D eigenvalue weighted by molar-refractivity contribution is 5.17. The van der Waals surface area contributed by atoms with E-state index in [0.29, 0.717) is 16.4 Å². The maximum absolute atomic E-state index is 3.82. The molecule has 1 heterocycles. The van der Waals surface area contributed by atoms with Gasteiger partial charge in [-0.25, -0.2) is 0 Å². The van der Waals surface area contributed by atoms with Crippen molar-refractivity contribution in [1.82, 2.24) is 5.32 Å². The van der Waals surface area contributed by atoms with Crippen molar-refractivity contribution in [2.24, 2.45) is 22.7 Å². The van der Waals surface area contributed by atoms with E-state index in [2.05, 4.69) is 46.9 Å². The molecule has 2 fully saturated rings. The monoisotopic (exact) mass is 209 g/mol. The van der Waals surface area contributed by atoms with Crippen LogP contribution in [0.15, 0.2) is 0 Å². The quantitative estimate of drug-likeness (QED) is 0.644. The summed E-state index contributed by atoms with van der Waals surface area (Å²) in [5, 5.41) is 3.82. The zero-order valence-electron chi connectivity index (χ0n) is 11.3. The van der Waals surface area contributed by atoms with E-state index < -0.39 is 0 Å². The molecule has 0 bridgehead atoms. The lowest BCUT2D eigenvalue weighted by atomic mass is 9.63. The van der Waals surface area contributed by atoms with Crippen LogP contribution in [0.5, 0.6) is 0 Å². The molecule has 0 aromatic heterocycles. The van der Waals surface area contributed by atoms with E-state index >= 15 is 0 Å². The smallest absolute Gasteiger partial charge is 0.0219 e. The van der Waals surface area contributed by atoms with Crippen molar-refractivity contribution in [1.29, 1.82) is 0 Å². The van der Waals surface area contributed by atoms with Crippen LogP contribution in [0.3, 0.4) is 0 Å². The minimum Gasteiger partial charge on any atom is -0.311 e. The molecule has 15 heavy (non-hydrogen) atoms. The Bertz CT molecular complexity index is 249. The van der Waals surface area contributed by atoms with Gasteiger partial charge in [0.05, 0.1) is 0 Å². The van der Waals surface area contributed by atoms with Crippen LogP contribution in [-0.4, -0.2) is 12.1 Å². The van der Waals surface area contributed by atoms with Crippen molar-refractivity contribution in [3.63, 3.8) is 0 Å². The molecule has 1 nitrogen and oxygen atoms in total. The summed E-state index contributed by atoms with van der Waals surface area (Å²) in [5.74, 6) is 1.69. The van der Waals surface area contributed by atoms with Gasteiger partial charge in [0.15, 0.2) is 0 Å². The van der Waals surface area contributed by atoms with Gasteiger partial charge in [-0.15, -0.1) is 0 Å². The maximum Gasteiger partial charge on any atom is 0.0219 e.